The smallest absolute Gasteiger partial charge is 0.255 e. The van der Waals surface area contributed by atoms with E-state index in [1.54, 1.807) is 42.5 Å². The van der Waals surface area contributed by atoms with Crippen LogP contribution in [0.4, 0.5) is 11.4 Å². The predicted molar refractivity (Wildman–Crippen MR) is 113 cm³/mol. The standard InChI is InChI=1S/C22H27ClN2O2/c1-3-4-5-6-7-8-21(26)24-19-12-9-17(10-13-19)22(27)25-20-14-11-18(23)15-16(20)2/h9-15H,3-8H2,1-2H3,(H,24,26)(H,25,27). The number of unbranched alkanes of at least 4 members (excludes halogenated alkanes) is 4. The number of amides is 2. The van der Waals surface area contributed by atoms with Crippen LogP contribution in [0.25, 0.3) is 0 Å². The molecule has 0 radical (unpaired) electrons. The molecule has 2 aromatic carbocycles. The monoisotopic (exact) mass is 386 g/mol. The summed E-state index contributed by atoms with van der Waals surface area (Å²) in [7, 11) is 0. The molecule has 0 aromatic heterocycles. The number of rotatable bonds is 9. The molecule has 0 saturated heterocycles. The molecule has 2 amide bonds. The maximum atomic E-state index is 12.4. The van der Waals surface area contributed by atoms with Gasteiger partial charge in [0.05, 0.1) is 0 Å². The van der Waals surface area contributed by atoms with Gasteiger partial charge in [-0.25, -0.2) is 0 Å². The second-order valence-electron chi connectivity index (χ2n) is 6.70. The summed E-state index contributed by atoms with van der Waals surface area (Å²) >= 11 is 5.94. The molecule has 0 atom stereocenters. The lowest BCUT2D eigenvalue weighted by Crippen LogP contribution is -2.14. The number of aryl methyl sites for hydroxylation is 1. The van der Waals surface area contributed by atoms with E-state index in [4.69, 9.17) is 11.6 Å². The number of benzene rings is 2. The van der Waals surface area contributed by atoms with Crippen LogP contribution < -0.4 is 10.6 Å². The first-order valence-corrected chi connectivity index (χ1v) is 9.85. The summed E-state index contributed by atoms with van der Waals surface area (Å²) in [6.07, 6.45) is 6.13. The van der Waals surface area contributed by atoms with Gasteiger partial charge in [0, 0.05) is 28.4 Å². The second-order valence-corrected chi connectivity index (χ2v) is 7.14. The summed E-state index contributed by atoms with van der Waals surface area (Å²) in [6.45, 7) is 4.07. The Bertz CT molecular complexity index is 772. The van der Waals surface area contributed by atoms with E-state index in [9.17, 15) is 9.59 Å². The van der Waals surface area contributed by atoms with Crippen molar-refractivity contribution < 1.29 is 9.59 Å². The third kappa shape index (κ3) is 7.06. The van der Waals surface area contributed by atoms with Gasteiger partial charge in [-0.1, -0.05) is 44.2 Å². The van der Waals surface area contributed by atoms with Crippen LogP contribution in [0.5, 0.6) is 0 Å². The lowest BCUT2D eigenvalue weighted by Gasteiger charge is -2.10. The van der Waals surface area contributed by atoms with E-state index in [-0.39, 0.29) is 11.8 Å². The molecule has 0 unspecified atom stereocenters. The van der Waals surface area contributed by atoms with Crippen molar-refractivity contribution in [1.82, 2.24) is 0 Å². The molecule has 27 heavy (non-hydrogen) atoms. The van der Waals surface area contributed by atoms with E-state index >= 15 is 0 Å². The first-order valence-electron chi connectivity index (χ1n) is 9.47. The van der Waals surface area contributed by atoms with Crippen LogP contribution in [0.15, 0.2) is 42.5 Å². The van der Waals surface area contributed by atoms with E-state index < -0.39 is 0 Å². The molecule has 5 heteroatoms. The van der Waals surface area contributed by atoms with Gasteiger partial charge in [-0.05, 0) is 61.4 Å². The highest BCUT2D eigenvalue weighted by Gasteiger charge is 2.09. The lowest BCUT2D eigenvalue weighted by molar-refractivity contribution is -0.116. The quantitative estimate of drug-likeness (QED) is 0.504. The second kappa shape index (κ2) is 10.7. The molecule has 0 spiro atoms. The highest BCUT2D eigenvalue weighted by Crippen LogP contribution is 2.20. The molecular weight excluding hydrogens is 360 g/mol. The van der Waals surface area contributed by atoms with Gasteiger partial charge in [0.15, 0.2) is 0 Å². The van der Waals surface area contributed by atoms with Crippen LogP contribution in [-0.4, -0.2) is 11.8 Å². The van der Waals surface area contributed by atoms with Crippen LogP contribution in [0.2, 0.25) is 5.02 Å². The fraction of sp³-hybridized carbons (Fsp3) is 0.364. The van der Waals surface area contributed by atoms with E-state index in [0.717, 1.165) is 24.1 Å². The van der Waals surface area contributed by atoms with Crippen molar-refractivity contribution in [2.24, 2.45) is 0 Å². The summed E-state index contributed by atoms with van der Waals surface area (Å²) in [5.74, 6) is -0.185. The molecule has 0 bridgehead atoms. The molecule has 144 valence electrons. The van der Waals surface area contributed by atoms with Crippen molar-refractivity contribution in [1.29, 1.82) is 0 Å². The zero-order valence-electron chi connectivity index (χ0n) is 16.0. The largest absolute Gasteiger partial charge is 0.326 e. The summed E-state index contributed by atoms with van der Waals surface area (Å²) in [4.78, 5) is 24.3. The third-order valence-electron chi connectivity index (χ3n) is 4.37. The summed E-state index contributed by atoms with van der Waals surface area (Å²) in [6, 6.07) is 12.2. The van der Waals surface area contributed by atoms with Gasteiger partial charge in [-0.2, -0.15) is 0 Å². The Balaban J connectivity index is 1.85. The minimum atomic E-state index is -0.200. The first kappa shape index (κ1) is 21.0. The van der Waals surface area contributed by atoms with Crippen LogP contribution in [0, 0.1) is 6.92 Å². The molecule has 0 heterocycles. The molecule has 0 fully saturated rings. The van der Waals surface area contributed by atoms with Crippen LogP contribution >= 0.6 is 11.6 Å². The first-order chi connectivity index (χ1) is 13.0. The minimum Gasteiger partial charge on any atom is -0.326 e. The summed E-state index contributed by atoms with van der Waals surface area (Å²) in [5.41, 5.74) is 2.86. The average Bonchev–Trinajstić information content (AvgIpc) is 2.64. The molecule has 2 aromatic rings. The molecule has 2 rings (SSSR count). The maximum absolute atomic E-state index is 12.4. The number of carbonyl (C=O) groups is 2. The Labute approximate surface area is 166 Å². The molecule has 0 aliphatic rings. The van der Waals surface area contributed by atoms with Crippen molar-refractivity contribution in [3.8, 4) is 0 Å². The molecule has 0 aliphatic carbocycles. The topological polar surface area (TPSA) is 58.2 Å². The number of halogens is 1. The Morgan fingerprint density at radius 3 is 2.30 bits per heavy atom. The van der Waals surface area contributed by atoms with Crippen LogP contribution in [0.3, 0.4) is 0 Å². The maximum Gasteiger partial charge on any atom is 0.255 e. The highest BCUT2D eigenvalue weighted by molar-refractivity contribution is 6.30. The summed E-state index contributed by atoms with van der Waals surface area (Å²) < 4.78 is 0. The van der Waals surface area contributed by atoms with Gasteiger partial charge in [-0.15, -0.1) is 0 Å². The molecular formula is C22H27ClN2O2. The third-order valence-corrected chi connectivity index (χ3v) is 4.61. The number of nitrogens with one attached hydrogen (secondary N) is 2. The van der Waals surface area contributed by atoms with Crippen molar-refractivity contribution in [2.75, 3.05) is 10.6 Å². The molecule has 2 N–H and O–H groups in total. The van der Waals surface area contributed by atoms with Gasteiger partial charge in [0.25, 0.3) is 5.91 Å². The zero-order valence-corrected chi connectivity index (χ0v) is 16.7. The van der Waals surface area contributed by atoms with Gasteiger partial charge in [0.2, 0.25) is 5.91 Å². The number of hydrogen-bond acceptors (Lipinski definition) is 2. The van der Waals surface area contributed by atoms with E-state index in [1.165, 1.54) is 19.3 Å². The van der Waals surface area contributed by atoms with E-state index in [1.807, 2.05) is 6.92 Å². The fourth-order valence-electron chi connectivity index (χ4n) is 2.78. The van der Waals surface area contributed by atoms with Crippen molar-refractivity contribution >= 4 is 34.8 Å². The predicted octanol–water partition coefficient (Wildman–Crippen LogP) is 6.20. The lowest BCUT2D eigenvalue weighted by atomic mass is 10.1. The van der Waals surface area contributed by atoms with E-state index in [0.29, 0.717) is 22.7 Å². The Morgan fingerprint density at radius 2 is 1.63 bits per heavy atom. The SMILES string of the molecule is CCCCCCCC(=O)Nc1ccc(C(=O)Nc2ccc(Cl)cc2C)cc1. The van der Waals surface area contributed by atoms with Gasteiger partial charge in [-0.3, -0.25) is 9.59 Å². The Hall–Kier alpha value is -2.33. The number of carbonyl (C=O) groups excluding carboxylic acids is 2. The van der Waals surface area contributed by atoms with Gasteiger partial charge < -0.3 is 10.6 Å². The van der Waals surface area contributed by atoms with Crippen molar-refractivity contribution in [3.63, 3.8) is 0 Å². The molecule has 4 nitrogen and oxygen atoms in total. The number of anilines is 2. The normalized spacial score (nSPS) is 10.5. The van der Waals surface area contributed by atoms with Gasteiger partial charge >= 0.3 is 0 Å². The van der Waals surface area contributed by atoms with Crippen molar-refractivity contribution in [3.05, 3.63) is 58.6 Å². The Kier molecular flexibility index (Phi) is 8.34. The highest BCUT2D eigenvalue weighted by atomic mass is 35.5. The molecule has 0 aliphatic heterocycles. The van der Waals surface area contributed by atoms with Crippen LogP contribution in [0.1, 0.15) is 61.4 Å². The van der Waals surface area contributed by atoms with Gasteiger partial charge in [0.1, 0.15) is 0 Å². The average molecular weight is 387 g/mol. The van der Waals surface area contributed by atoms with Crippen LogP contribution in [-0.2, 0) is 4.79 Å². The van der Waals surface area contributed by atoms with Crippen molar-refractivity contribution in [2.45, 2.75) is 52.4 Å². The zero-order chi connectivity index (χ0) is 19.6. The number of hydrogen-bond donors (Lipinski definition) is 2. The van der Waals surface area contributed by atoms with E-state index in [2.05, 4.69) is 17.6 Å². The summed E-state index contributed by atoms with van der Waals surface area (Å²) in [5, 5.41) is 6.39. The fourth-order valence-corrected chi connectivity index (χ4v) is 3.01. The Morgan fingerprint density at radius 1 is 0.926 bits per heavy atom. The molecule has 0 saturated carbocycles. The minimum absolute atomic E-state index is 0.0143.